The second kappa shape index (κ2) is 13.5. The van der Waals surface area contributed by atoms with Crippen LogP contribution in [0.4, 0.5) is 0 Å². The van der Waals surface area contributed by atoms with Crippen molar-refractivity contribution in [3.8, 4) is 11.5 Å². The molecule has 3 aromatic rings. The summed E-state index contributed by atoms with van der Waals surface area (Å²) in [5.41, 5.74) is 4.34. The van der Waals surface area contributed by atoms with E-state index in [1.807, 2.05) is 30.3 Å². The number of hydrogen-bond acceptors (Lipinski definition) is 5. The van der Waals surface area contributed by atoms with E-state index in [0.717, 1.165) is 56.6 Å². The third-order valence-electron chi connectivity index (χ3n) is 5.69. The minimum absolute atomic E-state index is 0. The van der Waals surface area contributed by atoms with Crippen LogP contribution in [0.25, 0.3) is 11.5 Å². The van der Waals surface area contributed by atoms with Gasteiger partial charge in [-0.15, -0.1) is 24.0 Å². The molecule has 0 aliphatic carbocycles. The topological polar surface area (TPSA) is 74.9 Å². The van der Waals surface area contributed by atoms with Gasteiger partial charge in [0.1, 0.15) is 12.0 Å². The highest BCUT2D eigenvalue weighted by Crippen LogP contribution is 2.22. The number of aliphatic imine (C=N–C) groups is 1. The fourth-order valence-electron chi connectivity index (χ4n) is 4.01. The van der Waals surface area contributed by atoms with E-state index in [0.29, 0.717) is 12.4 Å². The maximum Gasteiger partial charge on any atom is 0.226 e. The smallest absolute Gasteiger partial charge is 0.226 e. The molecular weight excluding hydrogens is 541 g/mol. The van der Waals surface area contributed by atoms with Gasteiger partial charge >= 0.3 is 0 Å². The summed E-state index contributed by atoms with van der Waals surface area (Å²) in [6.07, 6.45) is 1.68. The summed E-state index contributed by atoms with van der Waals surface area (Å²) in [5.74, 6) is 1.39. The number of oxazole rings is 1. The standard InChI is InChI=1S/C26H33N5O2.HI/c1-3-27-26(28-17-23-19-33-25(30-23)21-9-5-4-6-10-21)29-18-24(31-12-14-32-15-13-31)22-11-7-8-20(2)16-22;/h4-11,16,19,24H,3,12-15,17-18H2,1-2H3,(H2,27,28,29);1H. The van der Waals surface area contributed by atoms with E-state index < -0.39 is 0 Å². The number of halogens is 1. The van der Waals surface area contributed by atoms with Crippen LogP contribution in [0.1, 0.15) is 29.8 Å². The maximum absolute atomic E-state index is 5.65. The van der Waals surface area contributed by atoms with E-state index in [4.69, 9.17) is 14.1 Å². The van der Waals surface area contributed by atoms with Gasteiger partial charge in [0.05, 0.1) is 25.8 Å². The van der Waals surface area contributed by atoms with E-state index in [1.54, 1.807) is 6.26 Å². The number of aromatic nitrogens is 1. The first-order valence-electron chi connectivity index (χ1n) is 11.6. The van der Waals surface area contributed by atoms with E-state index in [1.165, 1.54) is 11.1 Å². The number of ether oxygens (including phenoxy) is 1. The predicted molar refractivity (Wildman–Crippen MR) is 146 cm³/mol. The number of hydrogen-bond donors (Lipinski definition) is 2. The van der Waals surface area contributed by atoms with E-state index in [-0.39, 0.29) is 30.0 Å². The van der Waals surface area contributed by atoms with Crippen LogP contribution in [0.15, 0.2) is 70.3 Å². The Morgan fingerprint density at radius 2 is 1.88 bits per heavy atom. The number of benzene rings is 2. The number of aryl methyl sites for hydroxylation is 1. The van der Waals surface area contributed by atoms with Gasteiger partial charge in [-0.25, -0.2) is 9.98 Å². The second-order valence-electron chi connectivity index (χ2n) is 8.16. The van der Waals surface area contributed by atoms with Crippen LogP contribution in [-0.4, -0.2) is 55.2 Å². The Morgan fingerprint density at radius 3 is 2.62 bits per heavy atom. The van der Waals surface area contributed by atoms with E-state index in [9.17, 15) is 0 Å². The molecule has 1 aliphatic rings. The summed E-state index contributed by atoms with van der Waals surface area (Å²) in [6.45, 7) is 9.58. The molecule has 4 rings (SSSR count). The first-order valence-corrected chi connectivity index (χ1v) is 11.6. The number of rotatable bonds is 8. The zero-order valence-electron chi connectivity index (χ0n) is 19.9. The quantitative estimate of drug-likeness (QED) is 0.236. The molecule has 0 bridgehead atoms. The van der Waals surface area contributed by atoms with Crippen LogP contribution in [0.2, 0.25) is 0 Å². The molecule has 1 unspecified atom stereocenters. The van der Waals surface area contributed by atoms with E-state index in [2.05, 4.69) is 58.6 Å². The van der Waals surface area contributed by atoms with Gasteiger partial charge in [-0.1, -0.05) is 48.0 Å². The van der Waals surface area contributed by atoms with Crippen molar-refractivity contribution in [3.05, 3.63) is 77.7 Å². The van der Waals surface area contributed by atoms with Crippen molar-refractivity contribution in [2.45, 2.75) is 26.4 Å². The lowest BCUT2D eigenvalue weighted by Gasteiger charge is -2.35. The zero-order valence-corrected chi connectivity index (χ0v) is 22.2. The molecule has 1 aromatic heterocycles. The first kappa shape index (κ1) is 26.2. The molecule has 34 heavy (non-hydrogen) atoms. The highest BCUT2D eigenvalue weighted by molar-refractivity contribution is 14.0. The Labute approximate surface area is 219 Å². The Morgan fingerprint density at radius 1 is 1.09 bits per heavy atom. The molecule has 2 heterocycles. The molecule has 0 amide bonds. The molecular formula is C26H34IN5O2. The number of guanidine groups is 1. The van der Waals surface area contributed by atoms with Crippen molar-refractivity contribution in [2.75, 3.05) is 39.4 Å². The minimum atomic E-state index is 0. The van der Waals surface area contributed by atoms with Crippen molar-refractivity contribution in [2.24, 2.45) is 4.99 Å². The summed E-state index contributed by atoms with van der Waals surface area (Å²) >= 11 is 0. The van der Waals surface area contributed by atoms with Gasteiger partial charge in [0.15, 0.2) is 5.96 Å². The molecule has 0 spiro atoms. The minimum Gasteiger partial charge on any atom is -0.444 e. The largest absolute Gasteiger partial charge is 0.444 e. The van der Waals surface area contributed by atoms with Gasteiger partial charge < -0.3 is 19.8 Å². The molecule has 2 N–H and O–H groups in total. The van der Waals surface area contributed by atoms with Crippen LogP contribution in [0.5, 0.6) is 0 Å². The zero-order chi connectivity index (χ0) is 22.9. The summed E-state index contributed by atoms with van der Waals surface area (Å²) in [4.78, 5) is 11.8. The average molecular weight is 575 g/mol. The molecule has 0 saturated carbocycles. The lowest BCUT2D eigenvalue weighted by Crippen LogP contribution is -2.46. The van der Waals surface area contributed by atoms with Gasteiger partial charge in [-0.05, 0) is 31.5 Å². The predicted octanol–water partition coefficient (Wildman–Crippen LogP) is 4.40. The van der Waals surface area contributed by atoms with Crippen LogP contribution < -0.4 is 10.6 Å². The number of nitrogens with one attached hydrogen (secondary N) is 2. The third kappa shape index (κ3) is 7.28. The molecule has 8 heteroatoms. The molecule has 7 nitrogen and oxygen atoms in total. The van der Waals surface area contributed by atoms with Crippen molar-refractivity contribution >= 4 is 29.9 Å². The van der Waals surface area contributed by atoms with Crippen LogP contribution in [0.3, 0.4) is 0 Å². The van der Waals surface area contributed by atoms with Crippen LogP contribution >= 0.6 is 24.0 Å². The van der Waals surface area contributed by atoms with Gasteiger partial charge in [0.25, 0.3) is 0 Å². The molecule has 1 atom stereocenters. The lowest BCUT2D eigenvalue weighted by molar-refractivity contribution is 0.0170. The Hall–Kier alpha value is -2.43. The van der Waals surface area contributed by atoms with Gasteiger partial charge in [-0.2, -0.15) is 0 Å². The monoisotopic (exact) mass is 575 g/mol. The Kier molecular flexibility index (Phi) is 10.4. The van der Waals surface area contributed by atoms with E-state index >= 15 is 0 Å². The van der Waals surface area contributed by atoms with Crippen molar-refractivity contribution in [3.63, 3.8) is 0 Å². The highest BCUT2D eigenvalue weighted by Gasteiger charge is 2.23. The lowest BCUT2D eigenvalue weighted by atomic mass is 10.0. The third-order valence-corrected chi connectivity index (χ3v) is 5.69. The van der Waals surface area contributed by atoms with Crippen LogP contribution in [-0.2, 0) is 11.3 Å². The SMILES string of the molecule is CCNC(=NCc1coc(-c2ccccc2)n1)NCC(c1cccc(C)c1)N1CCOCC1.I. The fourth-order valence-corrected chi connectivity index (χ4v) is 4.01. The summed E-state index contributed by atoms with van der Waals surface area (Å²) in [5, 5.41) is 6.89. The summed E-state index contributed by atoms with van der Waals surface area (Å²) < 4.78 is 11.2. The molecule has 1 saturated heterocycles. The van der Waals surface area contributed by atoms with Crippen molar-refractivity contribution in [1.29, 1.82) is 0 Å². The van der Waals surface area contributed by atoms with Gasteiger partial charge in [0.2, 0.25) is 5.89 Å². The molecule has 182 valence electrons. The molecule has 2 aromatic carbocycles. The van der Waals surface area contributed by atoms with Crippen molar-refractivity contribution in [1.82, 2.24) is 20.5 Å². The summed E-state index contributed by atoms with van der Waals surface area (Å²) in [6, 6.07) is 18.9. The Balaban J connectivity index is 0.00000324. The average Bonchev–Trinajstić information content (AvgIpc) is 3.33. The van der Waals surface area contributed by atoms with Crippen LogP contribution in [0, 0.1) is 6.92 Å². The summed E-state index contributed by atoms with van der Waals surface area (Å²) in [7, 11) is 0. The second-order valence-corrected chi connectivity index (χ2v) is 8.16. The molecule has 0 radical (unpaired) electrons. The normalized spacial score (nSPS) is 15.4. The molecule has 1 fully saturated rings. The van der Waals surface area contributed by atoms with Crippen molar-refractivity contribution < 1.29 is 9.15 Å². The number of morpholine rings is 1. The van der Waals surface area contributed by atoms with Gasteiger partial charge in [-0.3, -0.25) is 4.90 Å². The Bertz CT molecular complexity index is 1030. The highest BCUT2D eigenvalue weighted by atomic mass is 127. The van der Waals surface area contributed by atoms with Gasteiger partial charge in [0, 0.05) is 31.7 Å². The fraction of sp³-hybridized carbons (Fsp3) is 0.385. The maximum atomic E-state index is 5.65. The number of nitrogens with zero attached hydrogens (tertiary/aromatic N) is 3. The molecule has 1 aliphatic heterocycles. The first-order chi connectivity index (χ1) is 16.2.